The van der Waals surface area contributed by atoms with E-state index < -0.39 is 0 Å². The number of hydrogen-bond acceptors (Lipinski definition) is 2. The van der Waals surface area contributed by atoms with Crippen molar-refractivity contribution < 1.29 is 4.79 Å². The molecular formula is C16H26N2O. The van der Waals surface area contributed by atoms with E-state index in [0.29, 0.717) is 23.9 Å². The van der Waals surface area contributed by atoms with Crippen molar-refractivity contribution in [2.24, 2.45) is 5.92 Å². The Labute approximate surface area is 116 Å². The maximum absolute atomic E-state index is 12.5. The topological polar surface area (TPSA) is 23.6 Å². The van der Waals surface area contributed by atoms with Crippen LogP contribution in [0.25, 0.3) is 0 Å². The van der Waals surface area contributed by atoms with Crippen LogP contribution in [0.3, 0.4) is 0 Å². The highest BCUT2D eigenvalue weighted by molar-refractivity contribution is 5.77. The lowest BCUT2D eigenvalue weighted by molar-refractivity contribution is -0.133. The zero-order chi connectivity index (χ0) is 13.2. The summed E-state index contributed by atoms with van der Waals surface area (Å²) in [6, 6.07) is 1.11. The van der Waals surface area contributed by atoms with Gasteiger partial charge in [-0.1, -0.05) is 12.2 Å². The molecule has 0 aromatic heterocycles. The molecule has 2 heterocycles. The van der Waals surface area contributed by atoms with E-state index in [-0.39, 0.29) is 0 Å². The number of nitrogens with zero attached hydrogens (tertiary/aromatic N) is 2. The highest BCUT2D eigenvalue weighted by Gasteiger charge is 2.38. The molecule has 3 aliphatic rings. The molecule has 0 saturated carbocycles. The summed E-state index contributed by atoms with van der Waals surface area (Å²) in [5, 5.41) is 0. The van der Waals surface area contributed by atoms with Crippen LogP contribution in [-0.4, -0.2) is 47.9 Å². The standard InChI is InChI=1S/C16H26N2O/c1-17-10-4-8-14(17)15-9-5-11-18(15)16(19)12-13-6-2-3-7-13/h2,6,13-15H,3-5,7-12H2,1H3/t13-,14+,15-/m0/s1. The largest absolute Gasteiger partial charge is 0.338 e. The lowest BCUT2D eigenvalue weighted by Gasteiger charge is -2.33. The molecule has 3 rings (SSSR count). The Bertz CT molecular complexity index is 366. The smallest absolute Gasteiger partial charge is 0.223 e. The maximum atomic E-state index is 12.5. The average Bonchev–Trinajstić information content (AvgIpc) is 3.07. The van der Waals surface area contributed by atoms with Gasteiger partial charge in [0.1, 0.15) is 0 Å². The van der Waals surface area contributed by atoms with Crippen LogP contribution in [-0.2, 0) is 4.79 Å². The first-order valence-corrected chi connectivity index (χ1v) is 7.92. The summed E-state index contributed by atoms with van der Waals surface area (Å²) in [5.74, 6) is 0.911. The van der Waals surface area contributed by atoms with Crippen LogP contribution in [0.4, 0.5) is 0 Å². The first kappa shape index (κ1) is 13.2. The van der Waals surface area contributed by atoms with Gasteiger partial charge in [-0.15, -0.1) is 0 Å². The Kier molecular flexibility index (Phi) is 3.92. The summed E-state index contributed by atoms with van der Waals surface area (Å²) in [6.07, 6.45) is 12.5. The molecule has 19 heavy (non-hydrogen) atoms. The lowest BCUT2D eigenvalue weighted by Crippen LogP contribution is -2.47. The average molecular weight is 262 g/mol. The Morgan fingerprint density at radius 3 is 2.63 bits per heavy atom. The van der Waals surface area contributed by atoms with Gasteiger partial charge < -0.3 is 9.80 Å². The fourth-order valence-electron chi connectivity index (χ4n) is 4.13. The molecule has 2 saturated heterocycles. The van der Waals surface area contributed by atoms with E-state index in [1.807, 2.05) is 0 Å². The fraction of sp³-hybridized carbons (Fsp3) is 0.812. The second kappa shape index (κ2) is 5.66. The number of carbonyl (C=O) groups is 1. The van der Waals surface area contributed by atoms with Gasteiger partial charge in [0.15, 0.2) is 0 Å². The maximum Gasteiger partial charge on any atom is 0.223 e. The molecule has 0 aromatic carbocycles. The first-order valence-electron chi connectivity index (χ1n) is 7.92. The van der Waals surface area contributed by atoms with Crippen LogP contribution in [0.5, 0.6) is 0 Å². The van der Waals surface area contributed by atoms with Gasteiger partial charge >= 0.3 is 0 Å². The van der Waals surface area contributed by atoms with E-state index in [2.05, 4.69) is 29.0 Å². The molecule has 0 radical (unpaired) electrons. The van der Waals surface area contributed by atoms with Crippen LogP contribution in [0.15, 0.2) is 12.2 Å². The van der Waals surface area contributed by atoms with Crippen molar-refractivity contribution in [3.63, 3.8) is 0 Å². The van der Waals surface area contributed by atoms with Crippen LogP contribution in [0, 0.1) is 5.92 Å². The molecule has 3 nitrogen and oxygen atoms in total. The molecule has 3 atom stereocenters. The van der Waals surface area contributed by atoms with Gasteiger partial charge in [0, 0.05) is 25.0 Å². The number of allylic oxidation sites excluding steroid dienone is 2. The number of rotatable bonds is 3. The molecule has 0 aromatic rings. The quantitative estimate of drug-likeness (QED) is 0.729. The van der Waals surface area contributed by atoms with Crippen molar-refractivity contribution in [3.05, 3.63) is 12.2 Å². The molecule has 106 valence electrons. The molecular weight excluding hydrogens is 236 g/mol. The molecule has 3 heteroatoms. The third-order valence-electron chi connectivity index (χ3n) is 5.19. The highest BCUT2D eigenvalue weighted by atomic mass is 16.2. The van der Waals surface area contributed by atoms with E-state index in [1.165, 1.54) is 38.6 Å². The van der Waals surface area contributed by atoms with E-state index in [0.717, 1.165) is 19.4 Å². The van der Waals surface area contributed by atoms with E-state index in [9.17, 15) is 4.79 Å². The first-order chi connectivity index (χ1) is 9.25. The monoisotopic (exact) mass is 262 g/mol. The molecule has 0 unspecified atom stereocenters. The molecule has 2 fully saturated rings. The minimum absolute atomic E-state index is 0.402. The molecule has 2 aliphatic heterocycles. The minimum atomic E-state index is 0.402. The van der Waals surface area contributed by atoms with Gasteiger partial charge in [-0.2, -0.15) is 0 Å². The zero-order valence-electron chi connectivity index (χ0n) is 12.1. The summed E-state index contributed by atoms with van der Waals surface area (Å²) < 4.78 is 0. The Balaban J connectivity index is 1.61. The zero-order valence-corrected chi connectivity index (χ0v) is 12.1. The molecule has 1 aliphatic carbocycles. The summed E-state index contributed by atoms with van der Waals surface area (Å²) >= 11 is 0. The number of likely N-dealkylation sites (tertiary alicyclic amines) is 2. The van der Waals surface area contributed by atoms with Crippen molar-refractivity contribution in [1.29, 1.82) is 0 Å². The van der Waals surface area contributed by atoms with E-state index in [1.54, 1.807) is 0 Å². The summed E-state index contributed by atoms with van der Waals surface area (Å²) in [4.78, 5) is 17.2. The van der Waals surface area contributed by atoms with Crippen molar-refractivity contribution in [3.8, 4) is 0 Å². The van der Waals surface area contributed by atoms with Gasteiger partial charge in [0.25, 0.3) is 0 Å². The van der Waals surface area contributed by atoms with E-state index >= 15 is 0 Å². The second-order valence-corrected chi connectivity index (χ2v) is 6.46. The molecule has 0 bridgehead atoms. The third-order valence-corrected chi connectivity index (χ3v) is 5.19. The van der Waals surface area contributed by atoms with Crippen LogP contribution in [0.2, 0.25) is 0 Å². The van der Waals surface area contributed by atoms with Gasteiger partial charge in [-0.05, 0) is 58.0 Å². The Hall–Kier alpha value is -0.830. The number of carbonyl (C=O) groups excluding carboxylic acids is 1. The Morgan fingerprint density at radius 1 is 1.16 bits per heavy atom. The lowest BCUT2D eigenvalue weighted by atomic mass is 10.0. The van der Waals surface area contributed by atoms with Gasteiger partial charge in [0.05, 0.1) is 0 Å². The predicted octanol–water partition coefficient (Wildman–Crippen LogP) is 2.43. The van der Waals surface area contributed by atoms with E-state index in [4.69, 9.17) is 0 Å². The summed E-state index contributed by atoms with van der Waals surface area (Å²) in [5.41, 5.74) is 0. The number of likely N-dealkylation sites (N-methyl/N-ethyl adjacent to an activating group) is 1. The van der Waals surface area contributed by atoms with Crippen molar-refractivity contribution in [2.45, 2.75) is 57.0 Å². The summed E-state index contributed by atoms with van der Waals surface area (Å²) in [7, 11) is 2.22. The van der Waals surface area contributed by atoms with Gasteiger partial charge in [-0.25, -0.2) is 0 Å². The van der Waals surface area contributed by atoms with Crippen LogP contribution < -0.4 is 0 Å². The van der Waals surface area contributed by atoms with Gasteiger partial charge in [0.2, 0.25) is 5.91 Å². The summed E-state index contributed by atoms with van der Waals surface area (Å²) in [6.45, 7) is 2.19. The second-order valence-electron chi connectivity index (χ2n) is 6.46. The third kappa shape index (κ3) is 2.71. The molecule has 0 N–H and O–H groups in total. The minimum Gasteiger partial charge on any atom is -0.338 e. The van der Waals surface area contributed by atoms with Crippen LogP contribution in [0.1, 0.15) is 44.9 Å². The molecule has 0 spiro atoms. The van der Waals surface area contributed by atoms with Gasteiger partial charge in [-0.3, -0.25) is 4.79 Å². The SMILES string of the molecule is CN1CCC[C@@H]1[C@@H]1CCCN1C(=O)C[C@H]1C=CCC1. The normalized spacial score (nSPS) is 35.4. The van der Waals surface area contributed by atoms with Crippen molar-refractivity contribution >= 4 is 5.91 Å². The Morgan fingerprint density at radius 2 is 1.95 bits per heavy atom. The number of amides is 1. The van der Waals surface area contributed by atoms with Crippen molar-refractivity contribution in [2.75, 3.05) is 20.1 Å². The predicted molar refractivity (Wildman–Crippen MR) is 76.9 cm³/mol. The van der Waals surface area contributed by atoms with Crippen molar-refractivity contribution in [1.82, 2.24) is 9.80 Å². The fourth-order valence-corrected chi connectivity index (χ4v) is 4.13. The van der Waals surface area contributed by atoms with Crippen LogP contribution >= 0.6 is 0 Å². The number of hydrogen-bond donors (Lipinski definition) is 0. The molecule has 1 amide bonds. The highest BCUT2D eigenvalue weighted by Crippen LogP contribution is 2.31.